The Morgan fingerprint density at radius 1 is 0.958 bits per heavy atom. The van der Waals surface area contributed by atoms with Gasteiger partial charge in [-0.1, -0.05) is 27.7 Å². The van der Waals surface area contributed by atoms with Crippen LogP contribution in [-0.2, 0) is 4.84 Å². The summed E-state index contributed by atoms with van der Waals surface area (Å²) in [6.07, 6.45) is 7.74. The first-order valence-corrected chi connectivity index (χ1v) is 10.4. The van der Waals surface area contributed by atoms with Crippen LogP contribution in [0, 0.1) is 57.0 Å². The number of nitrogens with zero attached hydrogens (tertiary/aromatic N) is 1. The molecule has 6 rings (SSSR count). The van der Waals surface area contributed by atoms with E-state index in [1.54, 1.807) is 0 Å². The Morgan fingerprint density at radius 2 is 1.67 bits per heavy atom. The van der Waals surface area contributed by atoms with Gasteiger partial charge in [-0.25, -0.2) is 0 Å². The van der Waals surface area contributed by atoms with Crippen LogP contribution in [-0.4, -0.2) is 17.4 Å². The second-order valence-electron chi connectivity index (χ2n) is 11.4. The average molecular weight is 330 g/mol. The number of hydroxylamine groups is 2. The molecule has 0 aromatic carbocycles. The van der Waals surface area contributed by atoms with E-state index in [1.165, 1.54) is 25.7 Å². The van der Waals surface area contributed by atoms with Crippen LogP contribution in [0.3, 0.4) is 0 Å². The van der Waals surface area contributed by atoms with Crippen molar-refractivity contribution in [1.82, 2.24) is 5.23 Å². The van der Waals surface area contributed by atoms with Crippen LogP contribution < -0.4 is 0 Å². The first-order chi connectivity index (χ1) is 11.3. The van der Waals surface area contributed by atoms with Gasteiger partial charge in [-0.3, -0.25) is 5.23 Å². The lowest BCUT2D eigenvalue weighted by atomic mass is 9.38. The molecule has 6 fully saturated rings. The monoisotopic (exact) mass is 330 g/mol. The Labute approximate surface area is 146 Å². The largest absolute Gasteiger partial charge is 0.762 e. The summed E-state index contributed by atoms with van der Waals surface area (Å²) in [5.74, 6) is 4.87. The van der Waals surface area contributed by atoms with Crippen LogP contribution >= 0.6 is 0 Å². The van der Waals surface area contributed by atoms with E-state index in [9.17, 15) is 5.21 Å². The summed E-state index contributed by atoms with van der Waals surface area (Å²) >= 11 is 0. The molecular weight excluding hydrogens is 298 g/mol. The Balaban J connectivity index is 1.48. The molecule has 1 saturated heterocycles. The zero-order chi connectivity index (χ0) is 16.7. The zero-order valence-electron chi connectivity index (χ0n) is 15.7. The second kappa shape index (κ2) is 3.92. The van der Waals surface area contributed by atoms with Gasteiger partial charge in [0, 0.05) is 5.54 Å². The average Bonchev–Trinajstić information content (AvgIpc) is 3.22. The molecule has 9 atom stereocenters. The van der Waals surface area contributed by atoms with Crippen molar-refractivity contribution in [1.29, 1.82) is 0 Å². The van der Waals surface area contributed by atoms with E-state index in [-0.39, 0.29) is 11.0 Å². The third-order valence-corrected chi connectivity index (χ3v) is 11.1. The van der Waals surface area contributed by atoms with Gasteiger partial charge in [0.2, 0.25) is 0 Å². The molecule has 0 aromatic heterocycles. The summed E-state index contributed by atoms with van der Waals surface area (Å²) in [6, 6.07) is 0. The molecule has 24 heavy (non-hydrogen) atoms. The van der Waals surface area contributed by atoms with Gasteiger partial charge in [0.05, 0.1) is 6.61 Å². The number of hydrogen-bond donors (Lipinski definition) is 0. The fourth-order valence-electron chi connectivity index (χ4n) is 9.93. The summed E-state index contributed by atoms with van der Waals surface area (Å²) in [6.45, 7) is 10.9. The Hall–Kier alpha value is -0.120. The lowest BCUT2D eigenvalue weighted by molar-refractivity contribution is -0.196. The van der Waals surface area contributed by atoms with Crippen LogP contribution in [0.15, 0.2) is 0 Å². The first-order valence-electron chi connectivity index (χ1n) is 10.4. The summed E-state index contributed by atoms with van der Waals surface area (Å²) < 4.78 is 0. The van der Waals surface area contributed by atoms with Gasteiger partial charge in [-0.15, -0.1) is 0 Å². The first kappa shape index (κ1) is 15.0. The van der Waals surface area contributed by atoms with Crippen molar-refractivity contribution in [2.24, 2.45) is 51.8 Å². The van der Waals surface area contributed by atoms with Gasteiger partial charge >= 0.3 is 0 Å². The zero-order valence-corrected chi connectivity index (χ0v) is 15.7. The third kappa shape index (κ3) is 1.24. The summed E-state index contributed by atoms with van der Waals surface area (Å²) in [4.78, 5) is 5.46. The highest BCUT2D eigenvalue weighted by molar-refractivity contribution is 5.27. The van der Waals surface area contributed by atoms with Gasteiger partial charge in [0.25, 0.3) is 0 Å². The summed E-state index contributed by atoms with van der Waals surface area (Å²) in [5.41, 5.74) is 1.27. The van der Waals surface area contributed by atoms with Crippen molar-refractivity contribution in [3.05, 3.63) is 5.21 Å². The second-order valence-corrected chi connectivity index (χ2v) is 11.4. The van der Waals surface area contributed by atoms with E-state index in [0.717, 1.165) is 47.7 Å². The topological polar surface area (TPSA) is 35.5 Å². The molecule has 134 valence electrons. The molecule has 5 aliphatic carbocycles. The maximum Gasteiger partial charge on any atom is 0.0691 e. The van der Waals surface area contributed by atoms with E-state index in [0.29, 0.717) is 23.4 Å². The third-order valence-electron chi connectivity index (χ3n) is 11.1. The predicted octanol–water partition coefficient (Wildman–Crippen LogP) is 4.61. The van der Waals surface area contributed by atoms with Crippen molar-refractivity contribution in [3.8, 4) is 0 Å². The molecule has 9 unspecified atom stereocenters. The molecule has 1 heterocycles. The highest BCUT2D eigenvalue weighted by Crippen LogP contribution is 2.84. The maximum atomic E-state index is 12.7. The van der Waals surface area contributed by atoms with E-state index < -0.39 is 0 Å². The molecule has 0 aromatic rings. The molecule has 3 heteroatoms. The Bertz CT molecular complexity index is 619. The van der Waals surface area contributed by atoms with Crippen LogP contribution in [0.25, 0.3) is 0 Å². The van der Waals surface area contributed by atoms with E-state index >= 15 is 0 Å². The minimum absolute atomic E-state index is 0.196. The number of hydrogen-bond acceptors (Lipinski definition) is 3. The quantitative estimate of drug-likeness (QED) is 0.650. The fraction of sp³-hybridized carbons (Fsp3) is 1.00. The van der Waals surface area contributed by atoms with Gasteiger partial charge in [-0.2, -0.15) is 0 Å². The minimum atomic E-state index is -0.196. The fourth-order valence-corrected chi connectivity index (χ4v) is 9.93. The molecule has 0 amide bonds. The van der Waals surface area contributed by atoms with Crippen molar-refractivity contribution < 1.29 is 4.84 Å². The van der Waals surface area contributed by atoms with E-state index in [1.807, 2.05) is 0 Å². The highest BCUT2D eigenvalue weighted by Gasteiger charge is 2.78. The SMILES string of the molecule is CC1(C)C2C(C3CC1C1(CCON1[O-])C3)C1CC2C2(C)CCC12C. The normalized spacial score (nSPS) is 65.9. The molecule has 0 N–H and O–H groups in total. The van der Waals surface area contributed by atoms with Gasteiger partial charge < -0.3 is 10.0 Å². The Kier molecular flexibility index (Phi) is 2.45. The van der Waals surface area contributed by atoms with Crippen LogP contribution in [0.2, 0.25) is 0 Å². The summed E-state index contributed by atoms with van der Waals surface area (Å²) in [5, 5.41) is 13.8. The molecule has 6 aliphatic rings. The lowest BCUT2D eigenvalue weighted by Gasteiger charge is -2.67. The standard InChI is InChI=1S/C21H32NO2/c1-18(2)15-9-12(11-21(15)7-8-24-22(21)23)16-13-10-14(17(16)18)20(4)6-5-19(13,20)3/h12-17H,5-11H2,1-4H3/q-1. The molecule has 1 aliphatic heterocycles. The van der Waals surface area contributed by atoms with Crippen molar-refractivity contribution in [2.75, 3.05) is 6.61 Å². The Morgan fingerprint density at radius 3 is 2.29 bits per heavy atom. The molecule has 0 radical (unpaired) electrons. The molecule has 4 bridgehead atoms. The van der Waals surface area contributed by atoms with E-state index in [2.05, 4.69) is 27.7 Å². The lowest BCUT2D eigenvalue weighted by Crippen LogP contribution is -2.61. The smallest absolute Gasteiger partial charge is 0.0691 e. The maximum absolute atomic E-state index is 12.7. The van der Waals surface area contributed by atoms with Crippen molar-refractivity contribution >= 4 is 0 Å². The van der Waals surface area contributed by atoms with Gasteiger partial charge in [-0.05, 0) is 90.3 Å². The summed E-state index contributed by atoms with van der Waals surface area (Å²) in [7, 11) is 0. The molecular formula is C21H32NO2-. The van der Waals surface area contributed by atoms with Gasteiger partial charge in [0.15, 0.2) is 0 Å². The van der Waals surface area contributed by atoms with Crippen LogP contribution in [0.1, 0.15) is 66.2 Å². The molecule has 3 nitrogen and oxygen atoms in total. The van der Waals surface area contributed by atoms with Crippen LogP contribution in [0.4, 0.5) is 0 Å². The van der Waals surface area contributed by atoms with E-state index in [4.69, 9.17) is 4.84 Å². The highest BCUT2D eigenvalue weighted by atomic mass is 16.9. The number of fused-ring (bicyclic) bond motifs is 12. The molecule has 1 spiro atoms. The van der Waals surface area contributed by atoms with Crippen molar-refractivity contribution in [2.45, 2.75) is 71.8 Å². The molecule has 5 saturated carbocycles. The number of rotatable bonds is 0. The van der Waals surface area contributed by atoms with Crippen molar-refractivity contribution in [3.63, 3.8) is 0 Å². The minimum Gasteiger partial charge on any atom is -0.762 e. The van der Waals surface area contributed by atoms with Gasteiger partial charge in [0.1, 0.15) is 0 Å². The van der Waals surface area contributed by atoms with Crippen LogP contribution in [0.5, 0.6) is 0 Å². The predicted molar refractivity (Wildman–Crippen MR) is 92.5 cm³/mol.